The van der Waals surface area contributed by atoms with Gasteiger partial charge in [0.25, 0.3) is 0 Å². The predicted molar refractivity (Wildman–Crippen MR) is 135 cm³/mol. The first-order valence-electron chi connectivity index (χ1n) is 12.3. The smallest absolute Gasteiger partial charge is 0.410 e. The molecule has 36 heavy (non-hydrogen) atoms. The molecule has 4 rings (SSSR count). The van der Waals surface area contributed by atoms with Crippen LogP contribution in [-0.4, -0.2) is 58.7 Å². The Kier molecular flexibility index (Phi) is 7.59. The van der Waals surface area contributed by atoms with Crippen molar-refractivity contribution in [2.24, 2.45) is 10.9 Å². The summed E-state index contributed by atoms with van der Waals surface area (Å²) in [6.07, 6.45) is 0.324. The summed E-state index contributed by atoms with van der Waals surface area (Å²) >= 11 is 0. The Morgan fingerprint density at radius 1 is 1.25 bits per heavy atom. The molecule has 2 heterocycles. The largest absolute Gasteiger partial charge is 0.445 e. The normalized spacial score (nSPS) is 22.7. The SMILES string of the molecule is CC(C)C(CO)NC1=NC(=O)N(c2cccc(F)c2)C12CCN(C(=O)OCc1ccccc1)C(C)C2. The van der Waals surface area contributed by atoms with Gasteiger partial charge in [0.1, 0.15) is 23.8 Å². The molecule has 1 spiro atoms. The van der Waals surface area contributed by atoms with E-state index in [2.05, 4.69) is 10.3 Å². The van der Waals surface area contributed by atoms with Gasteiger partial charge in [0, 0.05) is 18.3 Å². The number of hydrogen-bond donors (Lipinski definition) is 2. The minimum Gasteiger partial charge on any atom is -0.445 e. The minimum atomic E-state index is -0.914. The van der Waals surface area contributed by atoms with Gasteiger partial charge in [-0.1, -0.05) is 50.2 Å². The van der Waals surface area contributed by atoms with Gasteiger partial charge in [-0.3, -0.25) is 4.90 Å². The molecule has 192 valence electrons. The first kappa shape index (κ1) is 25.6. The van der Waals surface area contributed by atoms with Gasteiger partial charge in [-0.05, 0) is 49.4 Å². The maximum atomic E-state index is 14.1. The maximum absolute atomic E-state index is 14.1. The van der Waals surface area contributed by atoms with E-state index in [0.717, 1.165) is 5.56 Å². The Morgan fingerprint density at radius 2 is 2.00 bits per heavy atom. The highest BCUT2D eigenvalue weighted by Crippen LogP contribution is 2.41. The van der Waals surface area contributed by atoms with Crippen LogP contribution in [0, 0.1) is 11.7 Å². The number of hydrogen-bond acceptors (Lipinski definition) is 5. The number of aliphatic hydroxyl groups is 1. The van der Waals surface area contributed by atoms with Crippen LogP contribution in [0.2, 0.25) is 0 Å². The Bertz CT molecular complexity index is 1130. The third-order valence-electron chi connectivity index (χ3n) is 7.03. The van der Waals surface area contributed by atoms with Gasteiger partial charge in [-0.15, -0.1) is 0 Å². The zero-order chi connectivity index (χ0) is 25.9. The summed E-state index contributed by atoms with van der Waals surface area (Å²) in [4.78, 5) is 33.6. The van der Waals surface area contributed by atoms with Crippen LogP contribution < -0.4 is 10.2 Å². The van der Waals surface area contributed by atoms with E-state index >= 15 is 0 Å². The lowest BCUT2D eigenvalue weighted by Crippen LogP contribution is -2.65. The molecule has 2 aromatic carbocycles. The third-order valence-corrected chi connectivity index (χ3v) is 7.03. The number of amidine groups is 1. The summed E-state index contributed by atoms with van der Waals surface area (Å²) in [5, 5.41) is 13.2. The van der Waals surface area contributed by atoms with E-state index in [1.165, 1.54) is 17.0 Å². The molecule has 2 aliphatic rings. The second-order valence-electron chi connectivity index (χ2n) is 9.80. The zero-order valence-corrected chi connectivity index (χ0v) is 20.9. The fourth-order valence-electron chi connectivity index (χ4n) is 5.00. The van der Waals surface area contributed by atoms with Crippen molar-refractivity contribution in [3.05, 3.63) is 66.0 Å². The van der Waals surface area contributed by atoms with Crippen LogP contribution in [0.25, 0.3) is 0 Å². The summed E-state index contributed by atoms with van der Waals surface area (Å²) in [5.41, 5.74) is 0.383. The molecule has 0 bridgehead atoms. The molecule has 3 atom stereocenters. The number of carbonyl (C=O) groups is 2. The predicted octanol–water partition coefficient (Wildman–Crippen LogP) is 4.33. The molecule has 0 aromatic heterocycles. The number of amides is 3. The van der Waals surface area contributed by atoms with E-state index in [9.17, 15) is 19.1 Å². The highest BCUT2D eigenvalue weighted by atomic mass is 19.1. The lowest BCUT2D eigenvalue weighted by Gasteiger charge is -2.48. The average Bonchev–Trinajstić information content (AvgIpc) is 3.11. The van der Waals surface area contributed by atoms with Gasteiger partial charge in [0.15, 0.2) is 0 Å². The Hall–Kier alpha value is -3.46. The molecule has 0 radical (unpaired) electrons. The van der Waals surface area contributed by atoms with Gasteiger partial charge < -0.3 is 20.1 Å². The molecule has 2 aliphatic heterocycles. The number of carbonyl (C=O) groups excluding carboxylic acids is 2. The number of aliphatic imine (C=N–C) groups is 1. The topological polar surface area (TPSA) is 94.5 Å². The number of anilines is 1. The third kappa shape index (κ3) is 5.06. The second-order valence-corrected chi connectivity index (χ2v) is 9.80. The molecule has 3 unspecified atom stereocenters. The van der Waals surface area contributed by atoms with E-state index < -0.39 is 23.5 Å². The molecular weight excluding hydrogens is 463 g/mol. The van der Waals surface area contributed by atoms with Gasteiger partial charge in [0.05, 0.1) is 12.6 Å². The number of halogens is 1. The minimum absolute atomic E-state index is 0.0820. The molecule has 9 heteroatoms. The zero-order valence-electron chi connectivity index (χ0n) is 20.9. The monoisotopic (exact) mass is 496 g/mol. The van der Waals surface area contributed by atoms with E-state index in [1.807, 2.05) is 51.1 Å². The Balaban J connectivity index is 1.59. The fraction of sp³-hybridized carbons (Fsp3) is 0.444. The summed E-state index contributed by atoms with van der Waals surface area (Å²) in [5.74, 6) is 0.0643. The van der Waals surface area contributed by atoms with Crippen molar-refractivity contribution in [1.29, 1.82) is 0 Å². The number of benzene rings is 2. The van der Waals surface area contributed by atoms with E-state index in [0.29, 0.717) is 30.9 Å². The first-order valence-corrected chi connectivity index (χ1v) is 12.3. The van der Waals surface area contributed by atoms with Crippen molar-refractivity contribution >= 4 is 23.6 Å². The Morgan fingerprint density at radius 3 is 2.64 bits per heavy atom. The van der Waals surface area contributed by atoms with Crippen LogP contribution in [0.4, 0.5) is 19.7 Å². The number of urea groups is 1. The summed E-state index contributed by atoms with van der Waals surface area (Å²) in [6.45, 7) is 6.20. The van der Waals surface area contributed by atoms with Gasteiger partial charge in [-0.2, -0.15) is 4.99 Å². The maximum Gasteiger partial charge on any atom is 0.410 e. The number of nitrogens with one attached hydrogen (secondary N) is 1. The lowest BCUT2D eigenvalue weighted by atomic mass is 9.80. The number of aliphatic hydroxyl groups excluding tert-OH is 1. The van der Waals surface area contributed by atoms with Crippen molar-refractivity contribution < 1.29 is 23.8 Å². The fourth-order valence-corrected chi connectivity index (χ4v) is 5.00. The standard InChI is InChI=1S/C27H33FN4O4/c1-18(2)23(16-33)29-24-27(32(25(34)30-24)22-11-7-10-21(28)14-22)12-13-31(19(3)15-27)26(35)36-17-20-8-5-4-6-9-20/h4-11,14,18-19,23,33H,12-13,15-17H2,1-3H3,(H,29,30,34). The number of rotatable bonds is 6. The van der Waals surface area contributed by atoms with Crippen LogP contribution in [0.3, 0.4) is 0 Å². The molecule has 1 fully saturated rings. The van der Waals surface area contributed by atoms with Crippen LogP contribution in [0.5, 0.6) is 0 Å². The van der Waals surface area contributed by atoms with Gasteiger partial charge in [0.2, 0.25) is 0 Å². The molecule has 1 saturated heterocycles. The van der Waals surface area contributed by atoms with E-state index in [-0.39, 0.29) is 31.2 Å². The second kappa shape index (κ2) is 10.7. The van der Waals surface area contributed by atoms with Crippen molar-refractivity contribution in [3.8, 4) is 0 Å². The molecule has 0 aliphatic carbocycles. The number of nitrogens with zero attached hydrogens (tertiary/aromatic N) is 3. The lowest BCUT2D eigenvalue weighted by molar-refractivity contribution is 0.0640. The molecule has 3 amide bonds. The van der Waals surface area contributed by atoms with Crippen LogP contribution in [0.15, 0.2) is 59.6 Å². The van der Waals surface area contributed by atoms with E-state index in [4.69, 9.17) is 4.74 Å². The van der Waals surface area contributed by atoms with Gasteiger partial charge >= 0.3 is 12.1 Å². The van der Waals surface area contributed by atoms with Crippen molar-refractivity contribution in [3.63, 3.8) is 0 Å². The van der Waals surface area contributed by atoms with Gasteiger partial charge in [-0.25, -0.2) is 14.0 Å². The number of piperidine rings is 1. The highest BCUT2D eigenvalue weighted by Gasteiger charge is 2.54. The molecule has 0 saturated carbocycles. The number of ether oxygens (including phenoxy) is 1. The molecule has 2 N–H and O–H groups in total. The van der Waals surface area contributed by atoms with Crippen LogP contribution in [-0.2, 0) is 11.3 Å². The molecule has 2 aromatic rings. The summed E-state index contributed by atoms with van der Waals surface area (Å²) in [7, 11) is 0. The van der Waals surface area contributed by atoms with E-state index in [1.54, 1.807) is 17.0 Å². The Labute approximate surface area is 210 Å². The van der Waals surface area contributed by atoms with Crippen molar-refractivity contribution in [2.45, 2.75) is 57.8 Å². The van der Waals surface area contributed by atoms with Crippen molar-refractivity contribution in [1.82, 2.24) is 10.2 Å². The molecule has 8 nitrogen and oxygen atoms in total. The summed E-state index contributed by atoms with van der Waals surface area (Å²) < 4.78 is 19.7. The average molecular weight is 497 g/mol. The number of likely N-dealkylation sites (tertiary alicyclic amines) is 1. The van der Waals surface area contributed by atoms with Crippen LogP contribution >= 0.6 is 0 Å². The first-order chi connectivity index (χ1) is 17.2. The quantitative estimate of drug-likeness (QED) is 0.621. The highest BCUT2D eigenvalue weighted by molar-refractivity contribution is 6.16. The summed E-state index contributed by atoms with van der Waals surface area (Å²) in [6, 6.07) is 14.2. The van der Waals surface area contributed by atoms with Crippen LogP contribution in [0.1, 0.15) is 39.2 Å². The van der Waals surface area contributed by atoms with Crippen molar-refractivity contribution in [2.75, 3.05) is 18.1 Å². The molecular formula is C27H33FN4O4.